The standard InChI is InChI=1S/C14H21Br/c1-10(2)13(15)11-6-8-12(9-7-11)14(3,4)5/h6-10,13H,1-5H3. The summed E-state index contributed by atoms with van der Waals surface area (Å²) >= 11 is 3.73. The van der Waals surface area contributed by atoms with Gasteiger partial charge in [0.25, 0.3) is 0 Å². The van der Waals surface area contributed by atoms with E-state index in [1.54, 1.807) is 0 Å². The minimum absolute atomic E-state index is 0.248. The molecule has 0 aliphatic heterocycles. The lowest BCUT2D eigenvalue weighted by Crippen LogP contribution is -2.11. The highest BCUT2D eigenvalue weighted by Gasteiger charge is 2.15. The lowest BCUT2D eigenvalue weighted by atomic mass is 9.86. The molecule has 0 heterocycles. The summed E-state index contributed by atoms with van der Waals surface area (Å²) in [5.74, 6) is 0.630. The fourth-order valence-corrected chi connectivity index (χ4v) is 1.86. The van der Waals surface area contributed by atoms with Crippen molar-refractivity contribution >= 4 is 15.9 Å². The van der Waals surface area contributed by atoms with Crippen LogP contribution in [0.1, 0.15) is 50.6 Å². The van der Waals surface area contributed by atoms with Crippen LogP contribution in [0, 0.1) is 5.92 Å². The van der Waals surface area contributed by atoms with Crippen molar-refractivity contribution in [2.75, 3.05) is 0 Å². The Kier molecular flexibility index (Phi) is 3.99. The number of benzene rings is 1. The van der Waals surface area contributed by atoms with Crippen LogP contribution in [0.25, 0.3) is 0 Å². The molecule has 1 heteroatoms. The van der Waals surface area contributed by atoms with E-state index in [4.69, 9.17) is 0 Å². The Morgan fingerprint density at radius 2 is 1.47 bits per heavy atom. The molecule has 15 heavy (non-hydrogen) atoms. The van der Waals surface area contributed by atoms with Crippen LogP contribution in [-0.4, -0.2) is 0 Å². The molecule has 1 rings (SSSR count). The van der Waals surface area contributed by atoms with Crippen molar-refractivity contribution in [1.29, 1.82) is 0 Å². The van der Waals surface area contributed by atoms with Gasteiger partial charge in [-0.05, 0) is 22.5 Å². The molecule has 1 atom stereocenters. The maximum atomic E-state index is 3.73. The van der Waals surface area contributed by atoms with Gasteiger partial charge in [-0.1, -0.05) is 74.8 Å². The van der Waals surface area contributed by atoms with Gasteiger partial charge in [0.2, 0.25) is 0 Å². The molecule has 0 radical (unpaired) electrons. The van der Waals surface area contributed by atoms with Crippen LogP contribution >= 0.6 is 15.9 Å². The Morgan fingerprint density at radius 1 is 1.00 bits per heavy atom. The number of hydrogen-bond donors (Lipinski definition) is 0. The Morgan fingerprint density at radius 3 is 1.80 bits per heavy atom. The van der Waals surface area contributed by atoms with E-state index < -0.39 is 0 Å². The molecule has 1 unspecified atom stereocenters. The first-order valence-corrected chi connectivity index (χ1v) is 6.48. The predicted octanol–water partition coefficient (Wildman–Crippen LogP) is 5.08. The van der Waals surface area contributed by atoms with Gasteiger partial charge in [0.1, 0.15) is 0 Å². The Labute approximate surface area is 102 Å². The molecule has 0 N–H and O–H groups in total. The molecule has 1 aromatic carbocycles. The first-order chi connectivity index (χ1) is 6.82. The molecule has 0 aliphatic rings. The topological polar surface area (TPSA) is 0 Å². The lowest BCUT2D eigenvalue weighted by molar-refractivity contribution is 0.588. The second kappa shape index (κ2) is 4.69. The van der Waals surface area contributed by atoms with Gasteiger partial charge in [-0.3, -0.25) is 0 Å². The van der Waals surface area contributed by atoms with E-state index >= 15 is 0 Å². The summed E-state index contributed by atoms with van der Waals surface area (Å²) in [5, 5.41) is 0. The summed E-state index contributed by atoms with van der Waals surface area (Å²) in [6.07, 6.45) is 0. The van der Waals surface area contributed by atoms with Gasteiger partial charge in [-0.2, -0.15) is 0 Å². The monoisotopic (exact) mass is 268 g/mol. The highest BCUT2D eigenvalue weighted by atomic mass is 79.9. The summed E-state index contributed by atoms with van der Waals surface area (Å²) in [6, 6.07) is 8.96. The van der Waals surface area contributed by atoms with Crippen LogP contribution in [0.4, 0.5) is 0 Å². The maximum absolute atomic E-state index is 3.73. The van der Waals surface area contributed by atoms with Crippen LogP contribution in [0.5, 0.6) is 0 Å². The lowest BCUT2D eigenvalue weighted by Gasteiger charge is -2.20. The minimum Gasteiger partial charge on any atom is -0.0836 e. The first kappa shape index (κ1) is 12.8. The SMILES string of the molecule is CC(C)C(Br)c1ccc(C(C)(C)C)cc1. The van der Waals surface area contributed by atoms with Crippen LogP contribution < -0.4 is 0 Å². The van der Waals surface area contributed by atoms with Gasteiger partial charge >= 0.3 is 0 Å². The van der Waals surface area contributed by atoms with E-state index in [0.29, 0.717) is 10.7 Å². The zero-order chi connectivity index (χ0) is 11.6. The molecule has 0 saturated heterocycles. The Hall–Kier alpha value is -0.300. The van der Waals surface area contributed by atoms with Crippen molar-refractivity contribution in [2.45, 2.75) is 44.9 Å². The zero-order valence-electron chi connectivity index (χ0n) is 10.3. The number of hydrogen-bond acceptors (Lipinski definition) is 0. The van der Waals surface area contributed by atoms with Crippen molar-refractivity contribution in [3.05, 3.63) is 35.4 Å². The van der Waals surface area contributed by atoms with Gasteiger partial charge in [0.05, 0.1) is 0 Å². The Balaban J connectivity index is 2.91. The molecular weight excluding hydrogens is 248 g/mol. The number of alkyl halides is 1. The highest BCUT2D eigenvalue weighted by molar-refractivity contribution is 9.09. The van der Waals surface area contributed by atoms with Gasteiger partial charge in [-0.25, -0.2) is 0 Å². The van der Waals surface area contributed by atoms with E-state index in [1.165, 1.54) is 11.1 Å². The predicted molar refractivity (Wildman–Crippen MR) is 71.6 cm³/mol. The van der Waals surface area contributed by atoms with Gasteiger partial charge in [0.15, 0.2) is 0 Å². The second-order valence-corrected chi connectivity index (χ2v) is 6.50. The number of rotatable bonds is 2. The molecule has 0 nitrogen and oxygen atoms in total. The Bertz CT molecular complexity index is 303. The molecule has 0 saturated carbocycles. The van der Waals surface area contributed by atoms with E-state index in [2.05, 4.69) is 74.8 Å². The van der Waals surface area contributed by atoms with E-state index in [-0.39, 0.29) is 5.41 Å². The normalized spacial score (nSPS) is 14.3. The molecule has 0 bridgehead atoms. The fourth-order valence-electron chi connectivity index (χ4n) is 1.55. The van der Waals surface area contributed by atoms with Crippen LogP contribution in [-0.2, 0) is 5.41 Å². The quantitative estimate of drug-likeness (QED) is 0.657. The summed E-state index contributed by atoms with van der Waals surface area (Å²) < 4.78 is 0. The average molecular weight is 269 g/mol. The van der Waals surface area contributed by atoms with Gasteiger partial charge in [-0.15, -0.1) is 0 Å². The average Bonchev–Trinajstić information content (AvgIpc) is 2.15. The minimum atomic E-state index is 0.248. The van der Waals surface area contributed by atoms with Gasteiger partial charge < -0.3 is 0 Å². The molecule has 0 fully saturated rings. The molecule has 1 aromatic rings. The van der Waals surface area contributed by atoms with Crippen molar-refractivity contribution in [3.8, 4) is 0 Å². The molecule has 0 aromatic heterocycles. The molecule has 0 amide bonds. The summed E-state index contributed by atoms with van der Waals surface area (Å²) in [4.78, 5) is 0.464. The van der Waals surface area contributed by atoms with E-state index in [1.807, 2.05) is 0 Å². The summed E-state index contributed by atoms with van der Waals surface area (Å²) in [5.41, 5.74) is 3.02. The van der Waals surface area contributed by atoms with E-state index in [9.17, 15) is 0 Å². The van der Waals surface area contributed by atoms with Crippen molar-refractivity contribution in [1.82, 2.24) is 0 Å². The molecule has 0 spiro atoms. The van der Waals surface area contributed by atoms with Crippen LogP contribution in [0.3, 0.4) is 0 Å². The third-order valence-electron chi connectivity index (χ3n) is 2.68. The highest BCUT2D eigenvalue weighted by Crippen LogP contribution is 2.32. The zero-order valence-corrected chi connectivity index (χ0v) is 11.9. The second-order valence-electron chi connectivity index (χ2n) is 5.52. The van der Waals surface area contributed by atoms with Gasteiger partial charge in [0, 0.05) is 4.83 Å². The smallest absolute Gasteiger partial charge is 0.0418 e. The van der Waals surface area contributed by atoms with Crippen LogP contribution in [0.15, 0.2) is 24.3 Å². The first-order valence-electron chi connectivity index (χ1n) is 5.57. The molecular formula is C14H21Br. The van der Waals surface area contributed by atoms with Crippen molar-refractivity contribution in [2.24, 2.45) is 5.92 Å². The van der Waals surface area contributed by atoms with Crippen molar-refractivity contribution in [3.63, 3.8) is 0 Å². The van der Waals surface area contributed by atoms with Crippen molar-refractivity contribution < 1.29 is 0 Å². The maximum Gasteiger partial charge on any atom is 0.0418 e. The third-order valence-corrected chi connectivity index (χ3v) is 4.27. The summed E-state index contributed by atoms with van der Waals surface area (Å²) in [6.45, 7) is 11.2. The molecule has 84 valence electrons. The summed E-state index contributed by atoms with van der Waals surface area (Å²) in [7, 11) is 0. The number of halogens is 1. The largest absolute Gasteiger partial charge is 0.0836 e. The van der Waals surface area contributed by atoms with E-state index in [0.717, 1.165) is 0 Å². The third kappa shape index (κ3) is 3.34. The fraction of sp³-hybridized carbons (Fsp3) is 0.571. The van der Waals surface area contributed by atoms with Crippen LogP contribution in [0.2, 0.25) is 0 Å². The molecule has 0 aliphatic carbocycles.